The SMILES string of the molecule is CNCc1cc(F)ccc1Oc1ccc(C)cc1Cl. The second-order valence-electron chi connectivity index (χ2n) is 4.32. The van der Waals surface area contributed by atoms with Crippen LogP contribution in [-0.2, 0) is 6.54 Å². The zero-order valence-electron chi connectivity index (χ0n) is 10.8. The van der Waals surface area contributed by atoms with Gasteiger partial charge in [-0.05, 0) is 49.9 Å². The molecular weight excluding hydrogens is 265 g/mol. The Balaban J connectivity index is 2.32. The Morgan fingerprint density at radius 3 is 2.58 bits per heavy atom. The molecule has 0 atom stereocenters. The van der Waals surface area contributed by atoms with Crippen molar-refractivity contribution in [2.24, 2.45) is 0 Å². The van der Waals surface area contributed by atoms with Gasteiger partial charge in [-0.1, -0.05) is 17.7 Å². The molecule has 4 heteroatoms. The first-order valence-electron chi connectivity index (χ1n) is 5.97. The Hall–Kier alpha value is -1.58. The van der Waals surface area contributed by atoms with Crippen LogP contribution in [0.1, 0.15) is 11.1 Å². The van der Waals surface area contributed by atoms with Crippen molar-refractivity contribution in [2.75, 3.05) is 7.05 Å². The molecule has 0 fully saturated rings. The molecule has 0 radical (unpaired) electrons. The van der Waals surface area contributed by atoms with E-state index < -0.39 is 0 Å². The van der Waals surface area contributed by atoms with Crippen molar-refractivity contribution >= 4 is 11.6 Å². The molecule has 0 bridgehead atoms. The molecule has 2 aromatic rings. The van der Waals surface area contributed by atoms with Crippen LogP contribution in [0.15, 0.2) is 36.4 Å². The zero-order chi connectivity index (χ0) is 13.8. The number of aryl methyl sites for hydroxylation is 1. The van der Waals surface area contributed by atoms with E-state index in [2.05, 4.69) is 5.32 Å². The Morgan fingerprint density at radius 2 is 1.89 bits per heavy atom. The Morgan fingerprint density at radius 1 is 1.16 bits per heavy atom. The van der Waals surface area contributed by atoms with Gasteiger partial charge in [-0.25, -0.2) is 4.39 Å². The number of halogens is 2. The van der Waals surface area contributed by atoms with Gasteiger partial charge >= 0.3 is 0 Å². The highest BCUT2D eigenvalue weighted by atomic mass is 35.5. The summed E-state index contributed by atoms with van der Waals surface area (Å²) in [4.78, 5) is 0. The molecule has 2 nitrogen and oxygen atoms in total. The molecule has 2 aromatic carbocycles. The molecule has 100 valence electrons. The second-order valence-corrected chi connectivity index (χ2v) is 4.73. The molecular formula is C15H15ClFNO. The lowest BCUT2D eigenvalue weighted by Gasteiger charge is -2.12. The summed E-state index contributed by atoms with van der Waals surface area (Å²) in [5.74, 6) is 0.880. The highest BCUT2D eigenvalue weighted by molar-refractivity contribution is 6.32. The first-order chi connectivity index (χ1) is 9.10. The quantitative estimate of drug-likeness (QED) is 0.901. The maximum atomic E-state index is 13.2. The van der Waals surface area contributed by atoms with Gasteiger partial charge in [0.1, 0.15) is 17.3 Å². The van der Waals surface area contributed by atoms with Gasteiger partial charge < -0.3 is 10.1 Å². The van der Waals surface area contributed by atoms with Gasteiger partial charge in [0.2, 0.25) is 0 Å². The monoisotopic (exact) mass is 279 g/mol. The highest BCUT2D eigenvalue weighted by Crippen LogP contribution is 2.32. The smallest absolute Gasteiger partial charge is 0.146 e. The van der Waals surface area contributed by atoms with Gasteiger partial charge in [-0.15, -0.1) is 0 Å². The minimum Gasteiger partial charge on any atom is -0.455 e. The van der Waals surface area contributed by atoms with Crippen LogP contribution >= 0.6 is 11.6 Å². The van der Waals surface area contributed by atoms with E-state index in [1.165, 1.54) is 12.1 Å². The molecule has 0 saturated carbocycles. The van der Waals surface area contributed by atoms with Gasteiger partial charge in [0, 0.05) is 12.1 Å². The standard InChI is InChI=1S/C15H15ClFNO/c1-10-3-5-15(13(16)7-10)19-14-6-4-12(17)8-11(14)9-18-2/h3-8,18H,9H2,1-2H3. The van der Waals surface area contributed by atoms with Gasteiger partial charge in [-0.2, -0.15) is 0 Å². The molecule has 0 spiro atoms. The average Bonchev–Trinajstić information content (AvgIpc) is 2.36. The lowest BCUT2D eigenvalue weighted by molar-refractivity contribution is 0.471. The summed E-state index contributed by atoms with van der Waals surface area (Å²) < 4.78 is 19.0. The van der Waals surface area contributed by atoms with Crippen molar-refractivity contribution in [1.29, 1.82) is 0 Å². The Kier molecular flexibility index (Phi) is 4.40. The fourth-order valence-corrected chi connectivity index (χ4v) is 2.06. The van der Waals surface area contributed by atoms with E-state index in [0.29, 0.717) is 23.1 Å². The Bertz CT molecular complexity index is 586. The first kappa shape index (κ1) is 13.8. The van der Waals surface area contributed by atoms with Crippen LogP contribution in [0.25, 0.3) is 0 Å². The van der Waals surface area contributed by atoms with E-state index in [0.717, 1.165) is 11.1 Å². The lowest BCUT2D eigenvalue weighted by atomic mass is 10.2. The van der Waals surface area contributed by atoms with Crippen molar-refractivity contribution in [3.8, 4) is 11.5 Å². The Labute approximate surface area is 117 Å². The maximum Gasteiger partial charge on any atom is 0.146 e. The molecule has 1 N–H and O–H groups in total. The summed E-state index contributed by atoms with van der Waals surface area (Å²) >= 11 is 6.13. The molecule has 0 saturated heterocycles. The van der Waals surface area contributed by atoms with E-state index >= 15 is 0 Å². The second kappa shape index (κ2) is 6.04. The van der Waals surface area contributed by atoms with Crippen molar-refractivity contribution in [2.45, 2.75) is 13.5 Å². The van der Waals surface area contributed by atoms with Gasteiger partial charge in [0.15, 0.2) is 0 Å². The van der Waals surface area contributed by atoms with Crippen LogP contribution < -0.4 is 10.1 Å². The number of hydrogen-bond donors (Lipinski definition) is 1. The fraction of sp³-hybridized carbons (Fsp3) is 0.200. The summed E-state index contributed by atoms with van der Waals surface area (Å²) in [6.07, 6.45) is 0. The molecule has 0 aliphatic heterocycles. The normalized spacial score (nSPS) is 10.5. The van der Waals surface area contributed by atoms with E-state index in [9.17, 15) is 4.39 Å². The van der Waals surface area contributed by atoms with Gasteiger partial charge in [0.25, 0.3) is 0 Å². The molecule has 0 heterocycles. The van der Waals surface area contributed by atoms with E-state index in [-0.39, 0.29) is 5.82 Å². The molecule has 0 aliphatic carbocycles. The summed E-state index contributed by atoms with van der Waals surface area (Å²) in [7, 11) is 1.80. The van der Waals surface area contributed by atoms with Crippen LogP contribution in [0.3, 0.4) is 0 Å². The molecule has 19 heavy (non-hydrogen) atoms. The summed E-state index contributed by atoms with van der Waals surface area (Å²) in [6.45, 7) is 2.48. The topological polar surface area (TPSA) is 21.3 Å². The van der Waals surface area contributed by atoms with Crippen LogP contribution in [0.2, 0.25) is 5.02 Å². The van der Waals surface area contributed by atoms with E-state index in [1.807, 2.05) is 25.1 Å². The molecule has 0 unspecified atom stereocenters. The third-order valence-electron chi connectivity index (χ3n) is 2.70. The van der Waals surface area contributed by atoms with Crippen LogP contribution in [-0.4, -0.2) is 7.05 Å². The fourth-order valence-electron chi connectivity index (χ4n) is 1.78. The van der Waals surface area contributed by atoms with Gasteiger partial charge in [0.05, 0.1) is 5.02 Å². The van der Waals surface area contributed by atoms with Crippen molar-refractivity contribution < 1.29 is 9.13 Å². The summed E-state index contributed by atoms with van der Waals surface area (Å²) in [6, 6.07) is 9.99. The highest BCUT2D eigenvalue weighted by Gasteiger charge is 2.08. The van der Waals surface area contributed by atoms with Crippen molar-refractivity contribution in [1.82, 2.24) is 5.32 Å². The van der Waals surface area contributed by atoms with E-state index in [1.54, 1.807) is 13.1 Å². The third-order valence-corrected chi connectivity index (χ3v) is 2.99. The van der Waals surface area contributed by atoms with Crippen molar-refractivity contribution in [3.05, 3.63) is 58.4 Å². The minimum atomic E-state index is -0.285. The molecule has 0 aliphatic rings. The maximum absolute atomic E-state index is 13.2. The number of hydrogen-bond acceptors (Lipinski definition) is 2. The van der Waals surface area contributed by atoms with E-state index in [4.69, 9.17) is 16.3 Å². The average molecular weight is 280 g/mol. The molecule has 0 aromatic heterocycles. The van der Waals surface area contributed by atoms with Crippen LogP contribution in [0, 0.1) is 12.7 Å². The predicted octanol–water partition coefficient (Wildman–Crippen LogP) is 4.30. The predicted molar refractivity (Wildman–Crippen MR) is 75.4 cm³/mol. The third kappa shape index (κ3) is 3.46. The van der Waals surface area contributed by atoms with Crippen molar-refractivity contribution in [3.63, 3.8) is 0 Å². The number of rotatable bonds is 4. The lowest BCUT2D eigenvalue weighted by Crippen LogP contribution is -2.06. The number of ether oxygens (including phenoxy) is 1. The number of nitrogens with one attached hydrogen (secondary N) is 1. The molecule has 0 amide bonds. The summed E-state index contributed by atoms with van der Waals surface area (Å²) in [5.41, 5.74) is 1.81. The first-order valence-corrected chi connectivity index (χ1v) is 6.35. The summed E-state index contributed by atoms with van der Waals surface area (Å²) in [5, 5.41) is 3.52. The minimum absolute atomic E-state index is 0.285. The molecule has 2 rings (SSSR count). The van der Waals surface area contributed by atoms with Crippen LogP contribution in [0.5, 0.6) is 11.5 Å². The van der Waals surface area contributed by atoms with Crippen LogP contribution in [0.4, 0.5) is 4.39 Å². The largest absolute Gasteiger partial charge is 0.455 e. The van der Waals surface area contributed by atoms with Gasteiger partial charge in [-0.3, -0.25) is 0 Å². The zero-order valence-corrected chi connectivity index (χ0v) is 11.6. The number of benzene rings is 2.